The number of benzene rings is 2. The van der Waals surface area contributed by atoms with Gasteiger partial charge in [0.05, 0.1) is 10.2 Å². The molecule has 0 bridgehead atoms. The van der Waals surface area contributed by atoms with Crippen molar-refractivity contribution in [3.8, 4) is 0 Å². The van der Waals surface area contributed by atoms with Crippen molar-refractivity contribution in [1.82, 2.24) is 9.88 Å². The fourth-order valence-electron chi connectivity index (χ4n) is 3.51. The zero-order valence-corrected chi connectivity index (χ0v) is 17.2. The number of para-hydroxylation sites is 1. The number of hydrogen-bond donors (Lipinski definition) is 0. The summed E-state index contributed by atoms with van der Waals surface area (Å²) in [6, 6.07) is 16.4. The van der Waals surface area contributed by atoms with Crippen molar-refractivity contribution in [2.75, 3.05) is 31.1 Å². The number of carbonyl (C=O) groups is 1. The minimum absolute atomic E-state index is 0.0786. The first-order valence-corrected chi connectivity index (χ1v) is 10.6. The van der Waals surface area contributed by atoms with Gasteiger partial charge in [-0.3, -0.25) is 4.79 Å². The van der Waals surface area contributed by atoms with Gasteiger partial charge in [0.2, 0.25) is 5.91 Å². The number of amides is 1. The van der Waals surface area contributed by atoms with Gasteiger partial charge < -0.3 is 9.80 Å². The number of thiazole rings is 1. The van der Waals surface area contributed by atoms with Crippen LogP contribution in [0.3, 0.4) is 0 Å². The quantitative estimate of drug-likeness (QED) is 0.601. The van der Waals surface area contributed by atoms with Gasteiger partial charge >= 0.3 is 0 Å². The number of aromatic nitrogens is 1. The zero-order valence-electron chi connectivity index (χ0n) is 16.3. The standard InChI is InChI=1S/C23H25N3OS/c1-17(2)19-9-6-10-20-22(19)24-23(28-20)26-15-13-25(14-16-26)21(27)12-11-18-7-4-3-5-8-18/h3-12,17H,13-16H2,1-2H3/b12-11+. The second-order valence-electron chi connectivity index (χ2n) is 7.40. The second kappa shape index (κ2) is 8.15. The van der Waals surface area contributed by atoms with E-state index in [1.807, 2.05) is 41.3 Å². The zero-order chi connectivity index (χ0) is 19.5. The summed E-state index contributed by atoms with van der Waals surface area (Å²) in [5.41, 5.74) is 3.48. The molecule has 0 saturated carbocycles. The molecule has 0 spiro atoms. The Morgan fingerprint density at radius 3 is 2.50 bits per heavy atom. The van der Waals surface area contributed by atoms with Crippen molar-refractivity contribution in [2.45, 2.75) is 19.8 Å². The number of piperazine rings is 1. The Kier molecular flexibility index (Phi) is 5.44. The maximum atomic E-state index is 12.5. The van der Waals surface area contributed by atoms with Crippen molar-refractivity contribution in [3.63, 3.8) is 0 Å². The van der Waals surface area contributed by atoms with E-state index in [2.05, 4.69) is 36.9 Å². The summed E-state index contributed by atoms with van der Waals surface area (Å²) in [6.45, 7) is 7.52. The average Bonchev–Trinajstić information content (AvgIpc) is 3.17. The summed E-state index contributed by atoms with van der Waals surface area (Å²) in [5.74, 6) is 0.541. The molecule has 1 aliphatic heterocycles. The van der Waals surface area contributed by atoms with Crippen LogP contribution in [-0.2, 0) is 4.79 Å². The van der Waals surface area contributed by atoms with Crippen LogP contribution in [0.25, 0.3) is 16.3 Å². The normalized spacial score (nSPS) is 15.1. The van der Waals surface area contributed by atoms with E-state index in [9.17, 15) is 4.79 Å². The highest BCUT2D eigenvalue weighted by Crippen LogP contribution is 2.33. The lowest BCUT2D eigenvalue weighted by Gasteiger charge is -2.34. The monoisotopic (exact) mass is 391 g/mol. The smallest absolute Gasteiger partial charge is 0.246 e. The molecule has 4 rings (SSSR count). The Morgan fingerprint density at radius 2 is 1.79 bits per heavy atom. The lowest BCUT2D eigenvalue weighted by molar-refractivity contribution is -0.126. The van der Waals surface area contributed by atoms with Gasteiger partial charge in [-0.1, -0.05) is 67.6 Å². The van der Waals surface area contributed by atoms with Crippen molar-refractivity contribution in [2.24, 2.45) is 0 Å². The molecule has 0 atom stereocenters. The van der Waals surface area contributed by atoms with Gasteiger partial charge in [-0.2, -0.15) is 0 Å². The van der Waals surface area contributed by atoms with Crippen LogP contribution in [-0.4, -0.2) is 42.0 Å². The molecule has 0 radical (unpaired) electrons. The third-order valence-electron chi connectivity index (χ3n) is 5.14. The Balaban J connectivity index is 1.41. The second-order valence-corrected chi connectivity index (χ2v) is 8.41. The van der Waals surface area contributed by atoms with E-state index in [-0.39, 0.29) is 5.91 Å². The first-order chi connectivity index (χ1) is 13.6. The fourth-order valence-corrected chi connectivity index (χ4v) is 4.57. The Hall–Kier alpha value is -2.66. The van der Waals surface area contributed by atoms with Crippen LogP contribution >= 0.6 is 11.3 Å². The SMILES string of the molecule is CC(C)c1cccc2sc(N3CCN(C(=O)/C=C/c4ccccc4)CC3)nc12. The summed E-state index contributed by atoms with van der Waals surface area (Å²) in [5, 5.41) is 1.06. The highest BCUT2D eigenvalue weighted by molar-refractivity contribution is 7.22. The van der Waals surface area contributed by atoms with Gasteiger partial charge in [0.15, 0.2) is 5.13 Å². The molecule has 0 aliphatic carbocycles. The Labute approximate surface area is 170 Å². The van der Waals surface area contributed by atoms with Gasteiger partial charge in [-0.25, -0.2) is 4.98 Å². The summed E-state index contributed by atoms with van der Waals surface area (Å²) in [7, 11) is 0. The molecule has 4 nitrogen and oxygen atoms in total. The van der Waals surface area contributed by atoms with E-state index in [4.69, 9.17) is 4.98 Å². The van der Waals surface area contributed by atoms with Crippen LogP contribution in [0.5, 0.6) is 0 Å². The van der Waals surface area contributed by atoms with Crippen molar-refractivity contribution in [3.05, 3.63) is 65.7 Å². The number of carbonyl (C=O) groups excluding carboxylic acids is 1. The molecule has 0 unspecified atom stereocenters. The van der Waals surface area contributed by atoms with E-state index < -0.39 is 0 Å². The molecule has 1 saturated heterocycles. The largest absolute Gasteiger partial charge is 0.345 e. The summed E-state index contributed by atoms with van der Waals surface area (Å²) < 4.78 is 1.24. The molecule has 28 heavy (non-hydrogen) atoms. The average molecular weight is 392 g/mol. The van der Waals surface area contributed by atoms with Crippen LogP contribution in [0, 0.1) is 0 Å². The highest BCUT2D eigenvalue weighted by Gasteiger charge is 2.22. The van der Waals surface area contributed by atoms with E-state index in [0.717, 1.165) is 42.4 Å². The van der Waals surface area contributed by atoms with Crippen molar-refractivity contribution < 1.29 is 4.79 Å². The molecule has 144 valence electrons. The number of rotatable bonds is 4. The molecule has 2 aromatic carbocycles. The molecular weight excluding hydrogens is 366 g/mol. The predicted octanol–water partition coefficient (Wildman–Crippen LogP) is 4.78. The summed E-state index contributed by atoms with van der Waals surface area (Å²) in [4.78, 5) is 21.6. The minimum Gasteiger partial charge on any atom is -0.345 e. The molecule has 1 aromatic heterocycles. The third kappa shape index (κ3) is 3.94. The maximum absolute atomic E-state index is 12.5. The van der Waals surface area contributed by atoms with Gasteiger partial charge in [-0.15, -0.1) is 0 Å². The first-order valence-electron chi connectivity index (χ1n) is 9.78. The maximum Gasteiger partial charge on any atom is 0.246 e. The van der Waals surface area contributed by atoms with E-state index in [1.165, 1.54) is 10.3 Å². The number of fused-ring (bicyclic) bond motifs is 1. The predicted molar refractivity (Wildman–Crippen MR) is 118 cm³/mol. The first kappa shape index (κ1) is 18.7. The van der Waals surface area contributed by atoms with Gasteiger partial charge in [0.25, 0.3) is 0 Å². The molecule has 3 aromatic rings. The molecule has 1 fully saturated rings. The van der Waals surface area contributed by atoms with Crippen molar-refractivity contribution in [1.29, 1.82) is 0 Å². The molecule has 5 heteroatoms. The summed E-state index contributed by atoms with van der Waals surface area (Å²) in [6.07, 6.45) is 3.56. The molecule has 0 N–H and O–H groups in total. The van der Waals surface area contributed by atoms with E-state index in [0.29, 0.717) is 5.92 Å². The molecule has 2 heterocycles. The van der Waals surface area contributed by atoms with Gasteiger partial charge in [0, 0.05) is 32.3 Å². The Morgan fingerprint density at radius 1 is 1.04 bits per heavy atom. The third-order valence-corrected chi connectivity index (χ3v) is 6.22. The van der Waals surface area contributed by atoms with Gasteiger partial charge in [0.1, 0.15) is 0 Å². The van der Waals surface area contributed by atoms with Crippen LogP contribution in [0.1, 0.15) is 30.9 Å². The van der Waals surface area contributed by atoms with Gasteiger partial charge in [-0.05, 0) is 29.2 Å². The van der Waals surface area contributed by atoms with Crippen molar-refractivity contribution >= 4 is 38.7 Å². The number of nitrogens with zero attached hydrogens (tertiary/aromatic N) is 3. The topological polar surface area (TPSA) is 36.4 Å². The molecular formula is C23H25N3OS. The highest BCUT2D eigenvalue weighted by atomic mass is 32.1. The van der Waals surface area contributed by atoms with Crippen LogP contribution in [0.15, 0.2) is 54.6 Å². The lowest BCUT2D eigenvalue weighted by atomic mass is 10.0. The minimum atomic E-state index is 0.0786. The molecule has 1 amide bonds. The van der Waals surface area contributed by atoms with Crippen LogP contribution < -0.4 is 4.90 Å². The number of anilines is 1. The van der Waals surface area contributed by atoms with E-state index in [1.54, 1.807) is 17.4 Å². The Bertz CT molecular complexity index is 986. The number of hydrogen-bond acceptors (Lipinski definition) is 4. The van der Waals surface area contributed by atoms with Crippen LogP contribution in [0.2, 0.25) is 0 Å². The molecule has 1 aliphatic rings. The lowest BCUT2D eigenvalue weighted by Crippen LogP contribution is -2.48. The summed E-state index contributed by atoms with van der Waals surface area (Å²) >= 11 is 1.75. The van der Waals surface area contributed by atoms with E-state index >= 15 is 0 Å². The fraction of sp³-hybridized carbons (Fsp3) is 0.304. The van der Waals surface area contributed by atoms with Crippen LogP contribution in [0.4, 0.5) is 5.13 Å².